The van der Waals surface area contributed by atoms with Gasteiger partial charge in [-0.2, -0.15) is 5.26 Å². The lowest BCUT2D eigenvalue weighted by Gasteiger charge is -2.03. The quantitative estimate of drug-likeness (QED) is 0.870. The van der Waals surface area contributed by atoms with Gasteiger partial charge in [-0.1, -0.05) is 0 Å². The second-order valence-corrected chi connectivity index (χ2v) is 4.57. The number of fused-ring (bicyclic) bond motifs is 1. The molecule has 0 bridgehead atoms. The minimum atomic E-state index is 0.0360. The fourth-order valence-electron chi connectivity index (χ4n) is 1.93. The van der Waals surface area contributed by atoms with E-state index in [1.807, 2.05) is 7.05 Å². The third-order valence-electron chi connectivity index (χ3n) is 3.19. The van der Waals surface area contributed by atoms with E-state index in [1.54, 1.807) is 22.8 Å². The molecule has 5 nitrogen and oxygen atoms in total. The van der Waals surface area contributed by atoms with Crippen molar-refractivity contribution in [2.45, 2.75) is 12.8 Å². The number of imidazole rings is 1. The van der Waals surface area contributed by atoms with Crippen LogP contribution in [0.4, 0.5) is 5.95 Å². The molecular weight excluding hydrogens is 228 g/mol. The lowest BCUT2D eigenvalue weighted by molar-refractivity contribution is -0.117. The van der Waals surface area contributed by atoms with Crippen LogP contribution in [-0.2, 0) is 11.8 Å². The van der Waals surface area contributed by atoms with Crippen molar-refractivity contribution in [2.75, 3.05) is 5.32 Å². The molecule has 1 aromatic carbocycles. The molecule has 2 aromatic rings. The van der Waals surface area contributed by atoms with Crippen LogP contribution in [0.25, 0.3) is 11.0 Å². The van der Waals surface area contributed by atoms with Crippen LogP contribution in [0.2, 0.25) is 0 Å². The Morgan fingerprint density at radius 1 is 1.56 bits per heavy atom. The number of benzene rings is 1. The number of hydrogen-bond donors (Lipinski definition) is 1. The third kappa shape index (κ3) is 1.72. The molecule has 0 atom stereocenters. The van der Waals surface area contributed by atoms with Gasteiger partial charge in [-0.3, -0.25) is 10.1 Å². The van der Waals surface area contributed by atoms with E-state index in [9.17, 15) is 4.79 Å². The lowest BCUT2D eigenvalue weighted by Crippen LogP contribution is -2.16. The number of amides is 1. The molecule has 0 unspecified atom stereocenters. The predicted octanol–water partition coefficient (Wildman–Crippen LogP) is 1.79. The highest BCUT2D eigenvalue weighted by Crippen LogP contribution is 2.30. The van der Waals surface area contributed by atoms with Crippen molar-refractivity contribution in [2.24, 2.45) is 13.0 Å². The molecule has 0 aliphatic heterocycles. The Hall–Kier alpha value is -2.35. The summed E-state index contributed by atoms with van der Waals surface area (Å²) in [5.41, 5.74) is 2.22. The van der Waals surface area contributed by atoms with Crippen molar-refractivity contribution in [1.29, 1.82) is 5.26 Å². The molecule has 1 N–H and O–H groups in total. The highest BCUT2D eigenvalue weighted by molar-refractivity contribution is 5.94. The van der Waals surface area contributed by atoms with Crippen LogP contribution in [0.1, 0.15) is 18.4 Å². The summed E-state index contributed by atoms with van der Waals surface area (Å²) in [7, 11) is 1.83. The first kappa shape index (κ1) is 10.8. The topological polar surface area (TPSA) is 70.7 Å². The summed E-state index contributed by atoms with van der Waals surface area (Å²) in [4.78, 5) is 16.1. The van der Waals surface area contributed by atoms with E-state index in [-0.39, 0.29) is 11.8 Å². The molecule has 1 aliphatic rings. The Labute approximate surface area is 104 Å². The number of nitrogens with zero attached hydrogens (tertiary/aromatic N) is 3. The molecule has 90 valence electrons. The van der Waals surface area contributed by atoms with E-state index in [0.717, 1.165) is 23.9 Å². The number of rotatable bonds is 2. The minimum absolute atomic E-state index is 0.0360. The molecule has 1 saturated carbocycles. The average molecular weight is 240 g/mol. The van der Waals surface area contributed by atoms with Crippen molar-refractivity contribution in [1.82, 2.24) is 9.55 Å². The van der Waals surface area contributed by atoms with Crippen molar-refractivity contribution in [3.63, 3.8) is 0 Å². The van der Waals surface area contributed by atoms with Gasteiger partial charge in [0.15, 0.2) is 0 Å². The van der Waals surface area contributed by atoms with E-state index >= 15 is 0 Å². The Bertz CT molecular complexity index is 676. The van der Waals surface area contributed by atoms with Gasteiger partial charge < -0.3 is 4.57 Å². The number of carbonyl (C=O) groups is 1. The number of nitrogens with one attached hydrogen (secondary N) is 1. The zero-order valence-electron chi connectivity index (χ0n) is 9.97. The summed E-state index contributed by atoms with van der Waals surface area (Å²) < 4.78 is 1.80. The Kier molecular flexibility index (Phi) is 2.30. The summed E-state index contributed by atoms with van der Waals surface area (Å²) in [5, 5.41) is 11.7. The van der Waals surface area contributed by atoms with E-state index in [0.29, 0.717) is 11.5 Å². The van der Waals surface area contributed by atoms with Gasteiger partial charge >= 0.3 is 0 Å². The molecule has 0 spiro atoms. The average Bonchev–Trinajstić information content (AvgIpc) is 3.18. The van der Waals surface area contributed by atoms with Gasteiger partial charge in [-0.25, -0.2) is 4.98 Å². The summed E-state index contributed by atoms with van der Waals surface area (Å²) in [6.45, 7) is 0. The van der Waals surface area contributed by atoms with Crippen molar-refractivity contribution in [3.05, 3.63) is 23.8 Å². The molecule has 5 heteroatoms. The zero-order valence-corrected chi connectivity index (χ0v) is 9.97. The molecule has 1 aromatic heterocycles. The highest BCUT2D eigenvalue weighted by Gasteiger charge is 2.30. The molecule has 1 heterocycles. The largest absolute Gasteiger partial charge is 0.313 e. The molecule has 1 aliphatic carbocycles. The van der Waals surface area contributed by atoms with Gasteiger partial charge in [-0.15, -0.1) is 0 Å². The van der Waals surface area contributed by atoms with Crippen LogP contribution in [-0.4, -0.2) is 15.5 Å². The first-order valence-electron chi connectivity index (χ1n) is 5.86. The molecule has 18 heavy (non-hydrogen) atoms. The fourth-order valence-corrected chi connectivity index (χ4v) is 1.93. The summed E-state index contributed by atoms with van der Waals surface area (Å²) in [6.07, 6.45) is 1.93. The maximum atomic E-state index is 11.7. The van der Waals surface area contributed by atoms with Gasteiger partial charge in [0.1, 0.15) is 0 Å². The van der Waals surface area contributed by atoms with Crippen LogP contribution in [0.15, 0.2) is 18.2 Å². The summed E-state index contributed by atoms with van der Waals surface area (Å²) in [6, 6.07) is 7.39. The Balaban J connectivity index is 2.00. The van der Waals surface area contributed by atoms with Crippen LogP contribution in [0.5, 0.6) is 0 Å². The normalized spacial score (nSPS) is 14.4. The number of aromatic nitrogens is 2. The summed E-state index contributed by atoms with van der Waals surface area (Å²) >= 11 is 0. The highest BCUT2D eigenvalue weighted by atomic mass is 16.2. The fraction of sp³-hybridized carbons (Fsp3) is 0.308. The monoisotopic (exact) mass is 240 g/mol. The standard InChI is InChI=1S/C13H12N4O/c1-17-11-6-8(7-14)2-5-10(11)15-13(17)16-12(18)9-3-4-9/h2,5-6,9H,3-4H2,1H3,(H,15,16,18). The first-order valence-corrected chi connectivity index (χ1v) is 5.86. The molecule has 0 saturated heterocycles. The Morgan fingerprint density at radius 3 is 3.00 bits per heavy atom. The number of carbonyl (C=O) groups excluding carboxylic acids is 1. The Morgan fingerprint density at radius 2 is 2.33 bits per heavy atom. The number of aryl methyl sites for hydroxylation is 1. The van der Waals surface area contributed by atoms with Crippen LogP contribution >= 0.6 is 0 Å². The van der Waals surface area contributed by atoms with E-state index in [2.05, 4.69) is 16.4 Å². The van der Waals surface area contributed by atoms with Gasteiger partial charge in [-0.05, 0) is 31.0 Å². The summed E-state index contributed by atoms with van der Waals surface area (Å²) in [5.74, 6) is 0.727. The second-order valence-electron chi connectivity index (χ2n) is 4.57. The van der Waals surface area contributed by atoms with E-state index < -0.39 is 0 Å². The maximum Gasteiger partial charge on any atom is 0.229 e. The minimum Gasteiger partial charge on any atom is -0.313 e. The van der Waals surface area contributed by atoms with E-state index in [1.165, 1.54) is 0 Å². The second kappa shape index (κ2) is 3.84. The predicted molar refractivity (Wildman–Crippen MR) is 66.8 cm³/mol. The number of hydrogen-bond acceptors (Lipinski definition) is 3. The third-order valence-corrected chi connectivity index (χ3v) is 3.19. The van der Waals surface area contributed by atoms with Gasteiger partial charge in [0.25, 0.3) is 0 Å². The lowest BCUT2D eigenvalue weighted by atomic mass is 10.2. The van der Waals surface area contributed by atoms with Crippen molar-refractivity contribution < 1.29 is 4.79 Å². The van der Waals surface area contributed by atoms with Crippen LogP contribution < -0.4 is 5.32 Å². The molecule has 1 fully saturated rings. The van der Waals surface area contributed by atoms with E-state index in [4.69, 9.17) is 5.26 Å². The van der Waals surface area contributed by atoms with Gasteiger partial charge in [0, 0.05) is 13.0 Å². The van der Waals surface area contributed by atoms with Crippen molar-refractivity contribution >= 4 is 22.9 Å². The zero-order chi connectivity index (χ0) is 12.7. The SMILES string of the molecule is Cn1c(NC(=O)C2CC2)nc2ccc(C#N)cc21. The maximum absolute atomic E-state index is 11.7. The molecular formula is C13H12N4O. The van der Waals surface area contributed by atoms with Gasteiger partial charge in [0.2, 0.25) is 11.9 Å². The molecule has 0 radical (unpaired) electrons. The first-order chi connectivity index (χ1) is 8.69. The smallest absolute Gasteiger partial charge is 0.229 e. The number of anilines is 1. The van der Waals surface area contributed by atoms with Crippen LogP contribution in [0, 0.1) is 17.2 Å². The number of nitriles is 1. The molecule has 3 rings (SSSR count). The van der Waals surface area contributed by atoms with Gasteiger partial charge in [0.05, 0.1) is 22.7 Å². The van der Waals surface area contributed by atoms with Crippen molar-refractivity contribution in [3.8, 4) is 6.07 Å². The van der Waals surface area contributed by atoms with Crippen LogP contribution in [0.3, 0.4) is 0 Å². The molecule has 1 amide bonds.